The number of carbonyl (C=O) groups is 2. The smallest absolute Gasteiger partial charge is 0.408 e. The minimum atomic E-state index is -1.07. The maximum absolute atomic E-state index is 11.7. The summed E-state index contributed by atoms with van der Waals surface area (Å²) in [6.45, 7) is -0.104. The number of alkyl carbamates (subject to hydrolysis) is 1. The van der Waals surface area contributed by atoms with E-state index in [1.54, 1.807) is 17.5 Å². The van der Waals surface area contributed by atoms with Gasteiger partial charge in [0.25, 0.3) is 11.6 Å². The lowest BCUT2D eigenvalue weighted by Crippen LogP contribution is -2.34. The molecule has 1 radical (unpaired) electrons. The number of hydrogen-bond donors (Lipinski definition) is 1. The second kappa shape index (κ2) is 7.36. The molecular formula is C14H12N3O5S. The van der Waals surface area contributed by atoms with Crippen LogP contribution in [-0.2, 0) is 16.1 Å². The highest BCUT2D eigenvalue weighted by Crippen LogP contribution is 2.19. The Hall–Kier alpha value is -2.94. The summed E-state index contributed by atoms with van der Waals surface area (Å²) in [6, 6.07) is 7.82. The Morgan fingerprint density at radius 2 is 2.00 bits per heavy atom. The zero-order chi connectivity index (χ0) is 16.8. The summed E-state index contributed by atoms with van der Waals surface area (Å²) >= 11 is 1.25. The highest BCUT2D eigenvalue weighted by molar-refractivity contribution is 7.10. The number of nitrogens with zero attached hydrogens (tertiary/aromatic N) is 1. The molecule has 9 heteroatoms. The van der Waals surface area contributed by atoms with Gasteiger partial charge in [-0.05, 0) is 29.1 Å². The van der Waals surface area contributed by atoms with Crippen LogP contribution in [0.5, 0.6) is 0 Å². The zero-order valence-corrected chi connectivity index (χ0v) is 12.5. The average molecular weight is 334 g/mol. The van der Waals surface area contributed by atoms with Crippen LogP contribution in [0, 0.1) is 10.1 Å². The van der Waals surface area contributed by atoms with Crippen LogP contribution in [0.25, 0.3) is 0 Å². The van der Waals surface area contributed by atoms with E-state index in [4.69, 9.17) is 10.5 Å². The standard InChI is InChI=1S/C14H12N3O5S/c15-13(18)12(11-2-1-7-23-11)16-14(19)22-8-9-3-5-10(6-4-9)17(20)21/h1-7,12,15H,8H2,(H,16,19). The van der Waals surface area contributed by atoms with Crippen molar-refractivity contribution in [1.29, 1.82) is 0 Å². The number of rotatable bonds is 6. The molecule has 0 fully saturated rings. The molecule has 0 aliphatic rings. The van der Waals surface area contributed by atoms with Gasteiger partial charge in [-0.3, -0.25) is 20.6 Å². The third-order valence-corrected chi connectivity index (χ3v) is 3.81. The first-order valence-corrected chi connectivity index (χ1v) is 7.31. The van der Waals surface area contributed by atoms with Crippen molar-refractivity contribution in [3.63, 3.8) is 0 Å². The van der Waals surface area contributed by atoms with Gasteiger partial charge in [0.1, 0.15) is 12.6 Å². The van der Waals surface area contributed by atoms with Gasteiger partial charge in [-0.25, -0.2) is 4.79 Å². The molecule has 0 saturated carbocycles. The molecule has 119 valence electrons. The summed E-state index contributed by atoms with van der Waals surface area (Å²) in [5.41, 5.74) is 7.70. The Bertz CT molecular complexity index is 700. The van der Waals surface area contributed by atoms with Gasteiger partial charge in [0.05, 0.1) is 4.92 Å². The fourth-order valence-electron chi connectivity index (χ4n) is 1.74. The SMILES string of the molecule is [NH]C(=O)C(NC(=O)OCc1ccc([N+](=O)[O-])cc1)c1cccs1. The van der Waals surface area contributed by atoms with Gasteiger partial charge >= 0.3 is 6.09 Å². The fraction of sp³-hybridized carbons (Fsp3) is 0.143. The van der Waals surface area contributed by atoms with E-state index in [1.165, 1.54) is 35.6 Å². The lowest BCUT2D eigenvalue weighted by atomic mass is 10.2. The van der Waals surface area contributed by atoms with E-state index >= 15 is 0 Å². The van der Waals surface area contributed by atoms with Crippen LogP contribution in [-0.4, -0.2) is 16.9 Å². The van der Waals surface area contributed by atoms with Crippen LogP contribution in [0.3, 0.4) is 0 Å². The topological polar surface area (TPSA) is 122 Å². The molecule has 8 nitrogen and oxygen atoms in total. The molecular weight excluding hydrogens is 322 g/mol. The molecule has 1 aromatic heterocycles. The first-order chi connectivity index (χ1) is 11.0. The Labute approximate surface area is 135 Å². The second-order valence-electron chi connectivity index (χ2n) is 4.46. The molecule has 0 saturated heterocycles. The molecule has 2 rings (SSSR count). The van der Waals surface area contributed by atoms with Crippen LogP contribution >= 0.6 is 11.3 Å². The zero-order valence-electron chi connectivity index (χ0n) is 11.7. The lowest BCUT2D eigenvalue weighted by molar-refractivity contribution is -0.384. The lowest BCUT2D eigenvalue weighted by Gasteiger charge is -2.13. The molecule has 1 unspecified atom stereocenters. The van der Waals surface area contributed by atoms with Crippen molar-refractivity contribution in [1.82, 2.24) is 11.1 Å². The van der Waals surface area contributed by atoms with Crippen molar-refractivity contribution in [2.75, 3.05) is 0 Å². The summed E-state index contributed by atoms with van der Waals surface area (Å²) in [6.07, 6.45) is -0.845. The highest BCUT2D eigenvalue weighted by Gasteiger charge is 2.22. The van der Waals surface area contributed by atoms with E-state index in [9.17, 15) is 19.7 Å². The number of hydrogen-bond acceptors (Lipinski definition) is 6. The minimum absolute atomic E-state index is 0.0595. The average Bonchev–Trinajstić information content (AvgIpc) is 3.04. The van der Waals surface area contributed by atoms with Gasteiger partial charge in [-0.2, -0.15) is 0 Å². The summed E-state index contributed by atoms with van der Waals surface area (Å²) in [4.78, 5) is 33.6. The van der Waals surface area contributed by atoms with Gasteiger partial charge in [-0.1, -0.05) is 6.07 Å². The van der Waals surface area contributed by atoms with Crippen molar-refractivity contribution >= 4 is 29.0 Å². The van der Waals surface area contributed by atoms with Gasteiger partial charge in [-0.15, -0.1) is 11.3 Å². The molecule has 2 amide bonds. The molecule has 0 aliphatic carbocycles. The molecule has 0 bridgehead atoms. The number of ether oxygens (including phenoxy) is 1. The van der Waals surface area contributed by atoms with Crippen LogP contribution in [0.15, 0.2) is 41.8 Å². The minimum Gasteiger partial charge on any atom is -0.445 e. The first-order valence-electron chi connectivity index (χ1n) is 6.43. The van der Waals surface area contributed by atoms with Gasteiger partial charge in [0.15, 0.2) is 0 Å². The van der Waals surface area contributed by atoms with Crippen LogP contribution in [0.2, 0.25) is 0 Å². The normalized spacial score (nSPS) is 11.5. The maximum atomic E-state index is 11.7. The molecule has 0 aliphatic heterocycles. The molecule has 2 aromatic rings. The number of nitrogens with one attached hydrogen (secondary N) is 2. The quantitative estimate of drug-likeness (QED) is 0.642. The van der Waals surface area contributed by atoms with E-state index in [0.29, 0.717) is 10.4 Å². The van der Waals surface area contributed by atoms with E-state index in [1.807, 2.05) is 0 Å². The molecule has 1 atom stereocenters. The number of carbonyl (C=O) groups excluding carboxylic acids is 2. The van der Waals surface area contributed by atoms with Crippen molar-refractivity contribution in [3.05, 3.63) is 62.3 Å². The van der Waals surface area contributed by atoms with E-state index in [-0.39, 0.29) is 12.3 Å². The Balaban J connectivity index is 1.91. The molecule has 0 spiro atoms. The molecule has 1 aromatic carbocycles. The van der Waals surface area contributed by atoms with Gasteiger partial charge < -0.3 is 10.1 Å². The number of benzene rings is 1. The Morgan fingerprint density at radius 3 is 2.52 bits per heavy atom. The molecule has 23 heavy (non-hydrogen) atoms. The second-order valence-corrected chi connectivity index (χ2v) is 5.44. The van der Waals surface area contributed by atoms with Crippen molar-refractivity contribution in [2.45, 2.75) is 12.6 Å². The molecule has 1 heterocycles. The van der Waals surface area contributed by atoms with Crippen LogP contribution in [0.4, 0.5) is 10.5 Å². The fourth-order valence-corrected chi connectivity index (χ4v) is 2.52. The summed E-state index contributed by atoms with van der Waals surface area (Å²) in [5, 5.41) is 14.6. The number of nitro groups is 1. The summed E-state index contributed by atoms with van der Waals surface area (Å²) in [7, 11) is 0. The monoisotopic (exact) mass is 334 g/mol. The Morgan fingerprint density at radius 1 is 1.30 bits per heavy atom. The van der Waals surface area contributed by atoms with Gasteiger partial charge in [0, 0.05) is 17.0 Å². The number of nitro benzene ring substituents is 1. The van der Waals surface area contributed by atoms with Crippen molar-refractivity contribution < 1.29 is 19.2 Å². The highest BCUT2D eigenvalue weighted by atomic mass is 32.1. The van der Waals surface area contributed by atoms with E-state index in [0.717, 1.165) is 0 Å². The maximum Gasteiger partial charge on any atom is 0.408 e. The van der Waals surface area contributed by atoms with Gasteiger partial charge in [0.2, 0.25) is 0 Å². The molecule has 2 N–H and O–H groups in total. The Kier molecular flexibility index (Phi) is 5.26. The van der Waals surface area contributed by atoms with Crippen molar-refractivity contribution in [3.8, 4) is 0 Å². The van der Waals surface area contributed by atoms with E-state index in [2.05, 4.69) is 5.32 Å². The van der Waals surface area contributed by atoms with Crippen LogP contribution in [0.1, 0.15) is 16.5 Å². The van der Waals surface area contributed by atoms with Crippen LogP contribution < -0.4 is 11.1 Å². The van der Waals surface area contributed by atoms with Crippen molar-refractivity contribution in [2.24, 2.45) is 0 Å². The summed E-state index contributed by atoms with van der Waals surface area (Å²) in [5.74, 6) is -0.945. The summed E-state index contributed by atoms with van der Waals surface area (Å²) < 4.78 is 4.96. The first kappa shape index (κ1) is 16.4. The number of non-ortho nitro benzene ring substituents is 1. The third kappa shape index (κ3) is 4.51. The predicted molar refractivity (Wildman–Crippen MR) is 81.6 cm³/mol. The third-order valence-electron chi connectivity index (χ3n) is 2.87. The predicted octanol–water partition coefficient (Wildman–Crippen LogP) is 2.43. The number of amides is 2. The van der Waals surface area contributed by atoms with E-state index < -0.39 is 23.0 Å². The number of thiophene rings is 1. The largest absolute Gasteiger partial charge is 0.445 e.